The van der Waals surface area contributed by atoms with E-state index in [0.717, 1.165) is 41.0 Å². The van der Waals surface area contributed by atoms with Gasteiger partial charge in [0, 0.05) is 45.6 Å². The Bertz CT molecular complexity index is 1490. The molecule has 3 aromatic carbocycles. The number of nitrogens with zero attached hydrogens (tertiary/aromatic N) is 2. The Kier molecular flexibility index (Phi) is 7.43. The van der Waals surface area contributed by atoms with Crippen molar-refractivity contribution in [2.45, 2.75) is 25.3 Å². The number of amides is 1. The second-order valence-electron chi connectivity index (χ2n) is 10.5. The van der Waals surface area contributed by atoms with Crippen molar-refractivity contribution in [3.05, 3.63) is 93.6 Å². The van der Waals surface area contributed by atoms with Crippen molar-refractivity contribution in [2.24, 2.45) is 5.92 Å². The monoisotopic (exact) mass is 563 g/mol. The standard InChI is InChI=1S/C31H31Cl2N3O3/c1-35-14-3-4-20(18-35)19-38-24-10-7-21(8-11-24)30-29-26(27-17-23(33)9-12-28(27)34-29)13-15-36(30)31(37)39-25-6-2-5-22(32)16-25/h2,5-12,16-17,20,30,34H,3-4,13-15,18-19H2,1H3. The average Bonchev–Trinajstić information content (AvgIpc) is 3.29. The first kappa shape index (κ1) is 26.1. The molecular formula is C31H31Cl2N3O3. The van der Waals surface area contributed by atoms with Crippen molar-refractivity contribution in [3.8, 4) is 11.5 Å². The van der Waals surface area contributed by atoms with E-state index in [9.17, 15) is 4.79 Å². The van der Waals surface area contributed by atoms with E-state index in [4.69, 9.17) is 32.7 Å². The quantitative estimate of drug-likeness (QED) is 0.276. The predicted octanol–water partition coefficient (Wildman–Crippen LogP) is 7.34. The number of nitrogens with one attached hydrogen (secondary N) is 1. The zero-order valence-corrected chi connectivity index (χ0v) is 23.3. The zero-order valence-electron chi connectivity index (χ0n) is 21.8. The van der Waals surface area contributed by atoms with E-state index < -0.39 is 6.09 Å². The summed E-state index contributed by atoms with van der Waals surface area (Å²) in [5.74, 6) is 1.79. The Morgan fingerprint density at radius 2 is 1.82 bits per heavy atom. The lowest BCUT2D eigenvalue weighted by Gasteiger charge is -2.35. The molecule has 0 aliphatic carbocycles. The highest BCUT2D eigenvalue weighted by molar-refractivity contribution is 6.31. The predicted molar refractivity (Wildman–Crippen MR) is 155 cm³/mol. The molecule has 2 unspecified atom stereocenters. The number of carbonyl (C=O) groups is 1. The van der Waals surface area contributed by atoms with Crippen LogP contribution in [-0.2, 0) is 6.42 Å². The van der Waals surface area contributed by atoms with E-state index in [2.05, 4.69) is 16.9 Å². The third-order valence-electron chi connectivity index (χ3n) is 7.73. The van der Waals surface area contributed by atoms with Crippen LogP contribution in [0.15, 0.2) is 66.7 Å². The molecule has 3 heterocycles. The van der Waals surface area contributed by atoms with Crippen LogP contribution in [-0.4, -0.2) is 54.2 Å². The number of aromatic nitrogens is 1. The van der Waals surface area contributed by atoms with Crippen molar-refractivity contribution >= 4 is 40.2 Å². The molecule has 39 heavy (non-hydrogen) atoms. The molecule has 1 fully saturated rings. The van der Waals surface area contributed by atoms with Gasteiger partial charge in [-0.1, -0.05) is 41.4 Å². The number of benzene rings is 3. The van der Waals surface area contributed by atoms with Gasteiger partial charge in [-0.2, -0.15) is 0 Å². The minimum Gasteiger partial charge on any atom is -0.493 e. The SMILES string of the molecule is CN1CCCC(COc2ccc(C3c4[nH]c5ccc(Cl)cc5c4CCN3C(=O)Oc3cccc(Cl)c3)cc2)C1. The maximum absolute atomic E-state index is 13.5. The molecule has 1 saturated heterocycles. The Balaban J connectivity index is 1.29. The van der Waals surface area contributed by atoms with E-state index in [1.165, 1.54) is 18.4 Å². The summed E-state index contributed by atoms with van der Waals surface area (Å²) in [5.41, 5.74) is 4.12. The van der Waals surface area contributed by atoms with Crippen LogP contribution in [0.1, 0.15) is 35.7 Å². The van der Waals surface area contributed by atoms with Crippen molar-refractivity contribution in [2.75, 3.05) is 33.3 Å². The first-order chi connectivity index (χ1) is 18.9. The first-order valence-corrected chi connectivity index (χ1v) is 14.2. The van der Waals surface area contributed by atoms with Crippen molar-refractivity contribution in [1.82, 2.24) is 14.8 Å². The molecule has 2 aliphatic heterocycles. The molecule has 6 nitrogen and oxygen atoms in total. The average molecular weight is 565 g/mol. The molecule has 4 aromatic rings. The Hall–Kier alpha value is -3.19. The molecule has 6 rings (SSSR count). The zero-order chi connectivity index (χ0) is 26.9. The third-order valence-corrected chi connectivity index (χ3v) is 8.20. The van der Waals surface area contributed by atoms with Crippen LogP contribution in [0, 0.1) is 5.92 Å². The summed E-state index contributed by atoms with van der Waals surface area (Å²) in [6.07, 6.45) is 2.67. The number of likely N-dealkylation sites (tertiary alicyclic amines) is 1. The smallest absolute Gasteiger partial charge is 0.416 e. The van der Waals surface area contributed by atoms with Crippen molar-refractivity contribution < 1.29 is 14.3 Å². The summed E-state index contributed by atoms with van der Waals surface area (Å²) >= 11 is 12.5. The number of H-pyrrole nitrogens is 1. The van der Waals surface area contributed by atoms with E-state index in [1.54, 1.807) is 29.2 Å². The van der Waals surface area contributed by atoms with Crippen LogP contribution in [0.3, 0.4) is 0 Å². The molecule has 8 heteroatoms. The number of rotatable bonds is 5. The summed E-state index contributed by atoms with van der Waals surface area (Å²) in [6, 6.07) is 20.5. The fraction of sp³-hybridized carbons (Fsp3) is 0.323. The summed E-state index contributed by atoms with van der Waals surface area (Å²) < 4.78 is 11.9. The number of hydrogen-bond acceptors (Lipinski definition) is 4. The van der Waals surface area contributed by atoms with Gasteiger partial charge in [-0.05, 0) is 92.5 Å². The highest BCUT2D eigenvalue weighted by Gasteiger charge is 2.36. The normalized spacial score (nSPS) is 19.6. The van der Waals surface area contributed by atoms with Gasteiger partial charge in [0.2, 0.25) is 0 Å². The molecule has 202 valence electrons. The highest BCUT2D eigenvalue weighted by Crippen LogP contribution is 2.40. The molecule has 1 amide bonds. The maximum atomic E-state index is 13.5. The van der Waals surface area contributed by atoms with Gasteiger partial charge < -0.3 is 19.4 Å². The Morgan fingerprint density at radius 1 is 1.00 bits per heavy atom. The number of carbonyl (C=O) groups excluding carboxylic acids is 1. The summed E-state index contributed by atoms with van der Waals surface area (Å²) in [4.78, 5) is 21.2. The van der Waals surface area contributed by atoms with Crippen LogP contribution in [0.5, 0.6) is 11.5 Å². The molecule has 0 spiro atoms. The summed E-state index contributed by atoms with van der Waals surface area (Å²) in [7, 11) is 2.17. The van der Waals surface area contributed by atoms with Gasteiger partial charge >= 0.3 is 6.09 Å². The number of fused-ring (bicyclic) bond motifs is 3. The number of aromatic amines is 1. The third kappa shape index (κ3) is 5.60. The van der Waals surface area contributed by atoms with E-state index >= 15 is 0 Å². The number of hydrogen-bond donors (Lipinski definition) is 1. The van der Waals surface area contributed by atoms with Crippen LogP contribution in [0.4, 0.5) is 4.79 Å². The van der Waals surface area contributed by atoms with Crippen molar-refractivity contribution in [1.29, 1.82) is 0 Å². The summed E-state index contributed by atoms with van der Waals surface area (Å²) in [5, 5.41) is 2.29. The number of ether oxygens (including phenoxy) is 2. The lowest BCUT2D eigenvalue weighted by atomic mass is 9.92. The largest absolute Gasteiger partial charge is 0.493 e. The van der Waals surface area contributed by atoms with E-state index in [0.29, 0.717) is 41.3 Å². The van der Waals surface area contributed by atoms with Crippen LogP contribution >= 0.6 is 23.2 Å². The lowest BCUT2D eigenvalue weighted by Crippen LogP contribution is -2.42. The molecule has 1 N–H and O–H groups in total. The molecular weight excluding hydrogens is 533 g/mol. The maximum Gasteiger partial charge on any atom is 0.416 e. The topological polar surface area (TPSA) is 57.8 Å². The van der Waals surface area contributed by atoms with Gasteiger partial charge in [0.15, 0.2) is 0 Å². The van der Waals surface area contributed by atoms with Gasteiger partial charge in [-0.25, -0.2) is 4.79 Å². The Morgan fingerprint density at radius 3 is 2.62 bits per heavy atom. The van der Waals surface area contributed by atoms with Gasteiger partial charge in [0.25, 0.3) is 0 Å². The first-order valence-electron chi connectivity index (χ1n) is 13.4. The van der Waals surface area contributed by atoms with E-state index in [-0.39, 0.29) is 6.04 Å². The van der Waals surface area contributed by atoms with Crippen LogP contribution in [0.2, 0.25) is 10.0 Å². The second kappa shape index (κ2) is 11.1. The van der Waals surface area contributed by atoms with Gasteiger partial charge in [0.05, 0.1) is 6.61 Å². The summed E-state index contributed by atoms with van der Waals surface area (Å²) in [6.45, 7) is 3.43. The molecule has 0 radical (unpaired) electrons. The molecule has 1 aromatic heterocycles. The van der Waals surface area contributed by atoms with Gasteiger partial charge in [0.1, 0.15) is 17.5 Å². The van der Waals surface area contributed by atoms with E-state index in [1.807, 2.05) is 42.5 Å². The molecule has 0 saturated carbocycles. The fourth-order valence-electron chi connectivity index (χ4n) is 5.86. The van der Waals surface area contributed by atoms with Crippen LogP contribution in [0.25, 0.3) is 10.9 Å². The number of piperidine rings is 1. The number of halogens is 2. The Labute approximate surface area is 238 Å². The second-order valence-corrected chi connectivity index (χ2v) is 11.4. The van der Waals surface area contributed by atoms with Crippen LogP contribution < -0.4 is 9.47 Å². The highest BCUT2D eigenvalue weighted by atomic mass is 35.5. The fourth-order valence-corrected chi connectivity index (χ4v) is 6.22. The minimum atomic E-state index is -0.425. The minimum absolute atomic E-state index is 0.354. The van der Waals surface area contributed by atoms with Gasteiger partial charge in [-0.3, -0.25) is 4.90 Å². The molecule has 2 atom stereocenters. The van der Waals surface area contributed by atoms with Gasteiger partial charge in [-0.15, -0.1) is 0 Å². The molecule has 2 aliphatic rings. The van der Waals surface area contributed by atoms with Crippen molar-refractivity contribution in [3.63, 3.8) is 0 Å². The molecule has 0 bridgehead atoms. The lowest BCUT2D eigenvalue weighted by molar-refractivity contribution is 0.135.